The van der Waals surface area contributed by atoms with Crippen molar-refractivity contribution in [2.45, 2.75) is 0 Å². The SMILES string of the molecule is COc1ccc(Cl)cc1NC(=O)c1nn2cnnc2s1. The van der Waals surface area contributed by atoms with E-state index in [1.54, 1.807) is 18.2 Å². The number of rotatable bonds is 3. The van der Waals surface area contributed by atoms with Gasteiger partial charge in [-0.15, -0.1) is 15.3 Å². The van der Waals surface area contributed by atoms with E-state index in [0.717, 1.165) is 11.3 Å². The van der Waals surface area contributed by atoms with E-state index in [-0.39, 0.29) is 10.9 Å². The van der Waals surface area contributed by atoms with E-state index in [2.05, 4.69) is 20.6 Å². The molecule has 0 radical (unpaired) electrons. The van der Waals surface area contributed by atoms with Gasteiger partial charge in [0.25, 0.3) is 5.91 Å². The fraction of sp³-hybridized carbons (Fsp3) is 0.0909. The summed E-state index contributed by atoms with van der Waals surface area (Å²) < 4.78 is 6.60. The van der Waals surface area contributed by atoms with Crippen LogP contribution in [-0.4, -0.2) is 32.8 Å². The number of nitrogens with zero attached hydrogens (tertiary/aromatic N) is 4. The number of carbonyl (C=O) groups excluding carboxylic acids is 1. The molecule has 7 nitrogen and oxygen atoms in total. The topological polar surface area (TPSA) is 81.4 Å². The van der Waals surface area contributed by atoms with Crippen molar-refractivity contribution in [2.75, 3.05) is 12.4 Å². The molecule has 2 aromatic heterocycles. The fourth-order valence-electron chi connectivity index (χ4n) is 1.61. The summed E-state index contributed by atoms with van der Waals surface area (Å²) in [5, 5.41) is 15.0. The number of halogens is 1. The highest BCUT2D eigenvalue weighted by molar-refractivity contribution is 7.18. The second-order valence-electron chi connectivity index (χ2n) is 3.76. The van der Waals surface area contributed by atoms with E-state index in [1.165, 1.54) is 18.0 Å². The largest absolute Gasteiger partial charge is 0.495 e. The van der Waals surface area contributed by atoms with Gasteiger partial charge in [-0.25, -0.2) is 0 Å². The molecule has 102 valence electrons. The molecular weight excluding hydrogens is 302 g/mol. The van der Waals surface area contributed by atoms with Gasteiger partial charge in [-0.1, -0.05) is 22.9 Å². The van der Waals surface area contributed by atoms with Crippen molar-refractivity contribution in [2.24, 2.45) is 0 Å². The molecule has 0 aliphatic heterocycles. The Hall–Kier alpha value is -2.19. The summed E-state index contributed by atoms with van der Waals surface area (Å²) in [6.45, 7) is 0. The third-order valence-corrected chi connectivity index (χ3v) is 3.64. The third-order valence-electron chi connectivity index (χ3n) is 2.49. The lowest BCUT2D eigenvalue weighted by molar-refractivity contribution is 0.102. The van der Waals surface area contributed by atoms with Gasteiger partial charge in [0.15, 0.2) is 0 Å². The number of ether oxygens (including phenoxy) is 1. The van der Waals surface area contributed by atoms with Crippen molar-refractivity contribution in [1.82, 2.24) is 19.8 Å². The highest BCUT2D eigenvalue weighted by Gasteiger charge is 2.15. The molecule has 0 atom stereocenters. The van der Waals surface area contributed by atoms with Crippen LogP contribution in [0.25, 0.3) is 4.96 Å². The zero-order valence-corrected chi connectivity index (χ0v) is 11.8. The zero-order valence-electron chi connectivity index (χ0n) is 10.2. The van der Waals surface area contributed by atoms with Crippen LogP contribution in [0, 0.1) is 0 Å². The van der Waals surface area contributed by atoms with Gasteiger partial charge >= 0.3 is 0 Å². The first-order valence-electron chi connectivity index (χ1n) is 5.49. The molecule has 3 aromatic rings. The highest BCUT2D eigenvalue weighted by Crippen LogP contribution is 2.28. The highest BCUT2D eigenvalue weighted by atomic mass is 35.5. The minimum Gasteiger partial charge on any atom is -0.495 e. The normalized spacial score (nSPS) is 10.7. The number of carbonyl (C=O) groups is 1. The lowest BCUT2D eigenvalue weighted by atomic mass is 10.3. The standard InChI is InChI=1S/C11H8ClN5O2S/c1-19-8-3-2-6(12)4-7(8)14-9(18)10-16-17-5-13-15-11(17)20-10/h2-5H,1H3,(H,14,18). The molecule has 20 heavy (non-hydrogen) atoms. The van der Waals surface area contributed by atoms with Crippen LogP contribution in [0.1, 0.15) is 9.80 Å². The number of aromatic nitrogens is 4. The maximum absolute atomic E-state index is 12.1. The van der Waals surface area contributed by atoms with Crippen molar-refractivity contribution >= 4 is 39.5 Å². The molecule has 0 fully saturated rings. The van der Waals surface area contributed by atoms with Gasteiger partial charge in [0.2, 0.25) is 9.97 Å². The van der Waals surface area contributed by atoms with Crippen LogP contribution >= 0.6 is 22.9 Å². The Kier molecular flexibility index (Phi) is 3.25. The number of nitrogens with one attached hydrogen (secondary N) is 1. The van der Waals surface area contributed by atoms with E-state index >= 15 is 0 Å². The van der Waals surface area contributed by atoms with Crippen LogP contribution in [0.3, 0.4) is 0 Å². The van der Waals surface area contributed by atoms with Gasteiger partial charge in [-0.05, 0) is 18.2 Å². The Morgan fingerprint density at radius 1 is 1.50 bits per heavy atom. The maximum Gasteiger partial charge on any atom is 0.286 e. The second kappa shape index (κ2) is 5.06. The monoisotopic (exact) mass is 309 g/mol. The Morgan fingerprint density at radius 3 is 3.10 bits per heavy atom. The maximum atomic E-state index is 12.1. The minimum atomic E-state index is -0.360. The van der Waals surface area contributed by atoms with Crippen LogP contribution in [0.4, 0.5) is 5.69 Å². The van der Waals surface area contributed by atoms with Gasteiger partial charge in [0.05, 0.1) is 12.8 Å². The molecule has 0 unspecified atom stereocenters. The lowest BCUT2D eigenvalue weighted by Crippen LogP contribution is -2.12. The number of hydrogen-bond acceptors (Lipinski definition) is 6. The van der Waals surface area contributed by atoms with Crippen molar-refractivity contribution in [1.29, 1.82) is 0 Å². The summed E-state index contributed by atoms with van der Waals surface area (Å²) in [7, 11) is 1.52. The van der Waals surface area contributed by atoms with Gasteiger partial charge < -0.3 is 10.1 Å². The number of hydrogen-bond donors (Lipinski definition) is 1. The van der Waals surface area contributed by atoms with E-state index in [1.807, 2.05) is 0 Å². The Bertz CT molecular complexity index is 756. The number of methoxy groups -OCH3 is 1. The minimum absolute atomic E-state index is 0.275. The molecule has 1 aromatic carbocycles. The van der Waals surface area contributed by atoms with Crippen molar-refractivity contribution in [3.63, 3.8) is 0 Å². The molecule has 3 rings (SSSR count). The fourth-order valence-corrected chi connectivity index (χ4v) is 2.49. The second-order valence-corrected chi connectivity index (χ2v) is 5.16. The summed E-state index contributed by atoms with van der Waals surface area (Å²) in [6.07, 6.45) is 1.43. The smallest absolute Gasteiger partial charge is 0.286 e. The molecule has 0 bridgehead atoms. The van der Waals surface area contributed by atoms with Crippen LogP contribution in [-0.2, 0) is 0 Å². The van der Waals surface area contributed by atoms with Crippen molar-refractivity contribution < 1.29 is 9.53 Å². The first-order valence-corrected chi connectivity index (χ1v) is 6.68. The third kappa shape index (κ3) is 2.30. The van der Waals surface area contributed by atoms with Gasteiger partial charge in [-0.3, -0.25) is 4.79 Å². The van der Waals surface area contributed by atoms with E-state index in [0.29, 0.717) is 21.4 Å². The average molecular weight is 310 g/mol. The summed E-state index contributed by atoms with van der Waals surface area (Å²) in [5.74, 6) is 0.159. The van der Waals surface area contributed by atoms with Crippen LogP contribution in [0.2, 0.25) is 5.02 Å². The first-order chi connectivity index (χ1) is 9.67. The summed E-state index contributed by atoms with van der Waals surface area (Å²) in [4.78, 5) is 12.7. The molecule has 2 heterocycles. The summed E-state index contributed by atoms with van der Waals surface area (Å²) in [6, 6.07) is 4.97. The Balaban J connectivity index is 1.88. The Morgan fingerprint density at radius 2 is 2.35 bits per heavy atom. The zero-order chi connectivity index (χ0) is 14.1. The quantitative estimate of drug-likeness (QED) is 0.801. The molecule has 0 spiro atoms. The van der Waals surface area contributed by atoms with Crippen LogP contribution in [0.15, 0.2) is 24.5 Å². The molecule has 1 N–H and O–H groups in total. The van der Waals surface area contributed by atoms with E-state index in [4.69, 9.17) is 16.3 Å². The number of fused-ring (bicyclic) bond motifs is 1. The average Bonchev–Trinajstić information content (AvgIpc) is 2.99. The molecule has 9 heteroatoms. The van der Waals surface area contributed by atoms with Crippen LogP contribution in [0.5, 0.6) is 5.75 Å². The summed E-state index contributed by atoms with van der Waals surface area (Å²) in [5.41, 5.74) is 0.482. The molecule has 0 aliphatic carbocycles. The van der Waals surface area contributed by atoms with Gasteiger partial charge in [-0.2, -0.15) is 4.52 Å². The van der Waals surface area contributed by atoms with Gasteiger partial charge in [0.1, 0.15) is 12.1 Å². The molecule has 0 saturated carbocycles. The van der Waals surface area contributed by atoms with Crippen molar-refractivity contribution in [3.8, 4) is 5.75 Å². The molecule has 1 amide bonds. The van der Waals surface area contributed by atoms with Crippen molar-refractivity contribution in [3.05, 3.63) is 34.6 Å². The molecular formula is C11H8ClN5O2S. The first kappa shape index (κ1) is 12.8. The molecule has 0 aliphatic rings. The lowest BCUT2D eigenvalue weighted by Gasteiger charge is -2.09. The predicted molar refractivity (Wildman–Crippen MR) is 74.6 cm³/mol. The Labute approximate surface area is 122 Å². The summed E-state index contributed by atoms with van der Waals surface area (Å²) >= 11 is 7.05. The molecule has 0 saturated heterocycles. The number of amides is 1. The van der Waals surface area contributed by atoms with E-state index in [9.17, 15) is 4.79 Å². The number of anilines is 1. The number of benzene rings is 1. The van der Waals surface area contributed by atoms with Crippen LogP contribution < -0.4 is 10.1 Å². The van der Waals surface area contributed by atoms with E-state index < -0.39 is 0 Å². The predicted octanol–water partition coefficient (Wildman–Crippen LogP) is 2.10. The van der Waals surface area contributed by atoms with Gasteiger partial charge in [0, 0.05) is 5.02 Å².